The number of hydrogen-bond acceptors (Lipinski definition) is 3. The second kappa shape index (κ2) is 13.2. The van der Waals surface area contributed by atoms with Crippen molar-refractivity contribution in [2.24, 2.45) is 15.9 Å². The van der Waals surface area contributed by atoms with Crippen molar-refractivity contribution in [1.82, 2.24) is 4.98 Å². The zero-order valence-corrected chi connectivity index (χ0v) is 24.5. The minimum Gasteiger partial charge on any atom is -0.284 e. The van der Waals surface area contributed by atoms with Gasteiger partial charge in [-0.1, -0.05) is 104 Å². The van der Waals surface area contributed by atoms with Crippen molar-refractivity contribution in [1.29, 1.82) is 0 Å². The van der Waals surface area contributed by atoms with Gasteiger partial charge in [0.15, 0.2) is 0 Å². The molecule has 6 rings (SSSR count). The molecule has 2 atom stereocenters. The summed E-state index contributed by atoms with van der Waals surface area (Å²) in [6.45, 7) is 6.63. The van der Waals surface area contributed by atoms with E-state index in [1.54, 1.807) is 0 Å². The Labute approximate surface area is 254 Å². The molecular weight excluding hydrogens is 522 g/mol. The van der Waals surface area contributed by atoms with Gasteiger partial charge < -0.3 is 0 Å². The number of pyridine rings is 1. The first kappa shape index (κ1) is 28.0. The standard InChI is InChI=1S/C40H35N3/c1-3-13-29(14-4-2)32-20-21-38(42-28-32)36-24-33(23-35(25-36)37-19-11-12-22-41-37)34-26-39(30-15-7-5-8-16-30)43-40(27-34)31-17-9-6-10-18-31/h3-26,32,40H,1,27-28H2,2H3/b14-4-,29-13+. The average molecular weight is 558 g/mol. The number of allylic oxidation sites excluding steroid dienone is 6. The predicted molar refractivity (Wildman–Crippen MR) is 182 cm³/mol. The normalized spacial score (nSPS) is 18.6. The topological polar surface area (TPSA) is 37.6 Å². The fourth-order valence-corrected chi connectivity index (χ4v) is 5.71. The first-order valence-electron chi connectivity index (χ1n) is 14.9. The van der Waals surface area contributed by atoms with Crippen molar-refractivity contribution in [3.05, 3.63) is 180 Å². The summed E-state index contributed by atoms with van der Waals surface area (Å²) in [6.07, 6.45) is 17.5. The highest BCUT2D eigenvalue weighted by atomic mass is 14.8. The second-order valence-corrected chi connectivity index (χ2v) is 10.8. The fourth-order valence-electron chi connectivity index (χ4n) is 5.71. The van der Waals surface area contributed by atoms with Crippen LogP contribution in [0.1, 0.15) is 41.6 Å². The summed E-state index contributed by atoms with van der Waals surface area (Å²) < 4.78 is 0. The third-order valence-electron chi connectivity index (χ3n) is 7.88. The average Bonchev–Trinajstić information content (AvgIpc) is 3.09. The lowest BCUT2D eigenvalue weighted by Crippen LogP contribution is -2.13. The SMILES string of the molecule is C=C/C=C(\C=C/C)C1C=CC(c2cc(C3=CC(c4ccccc4)=NC(c4ccccc4)C3)cc(-c3ccccn3)c2)=NC1. The number of rotatable bonds is 8. The van der Waals surface area contributed by atoms with E-state index < -0.39 is 0 Å². The van der Waals surface area contributed by atoms with E-state index in [9.17, 15) is 0 Å². The molecule has 1 aromatic heterocycles. The van der Waals surface area contributed by atoms with Gasteiger partial charge in [0.05, 0.1) is 23.2 Å². The number of benzene rings is 3. The third kappa shape index (κ3) is 6.52. The van der Waals surface area contributed by atoms with E-state index in [4.69, 9.17) is 15.0 Å². The van der Waals surface area contributed by atoms with Gasteiger partial charge in [-0.2, -0.15) is 0 Å². The Morgan fingerprint density at radius 1 is 0.814 bits per heavy atom. The highest BCUT2D eigenvalue weighted by Gasteiger charge is 2.22. The van der Waals surface area contributed by atoms with Crippen molar-refractivity contribution in [2.45, 2.75) is 19.4 Å². The molecule has 0 N–H and O–H groups in total. The van der Waals surface area contributed by atoms with Gasteiger partial charge in [0.2, 0.25) is 0 Å². The summed E-state index contributed by atoms with van der Waals surface area (Å²) in [5.41, 5.74) is 11.1. The van der Waals surface area contributed by atoms with Gasteiger partial charge in [0, 0.05) is 29.8 Å². The van der Waals surface area contributed by atoms with E-state index >= 15 is 0 Å². The van der Waals surface area contributed by atoms with Crippen LogP contribution in [0.2, 0.25) is 0 Å². The molecule has 4 aromatic rings. The van der Waals surface area contributed by atoms with Gasteiger partial charge in [-0.15, -0.1) is 0 Å². The van der Waals surface area contributed by atoms with E-state index in [-0.39, 0.29) is 12.0 Å². The molecule has 0 aliphatic carbocycles. The number of hydrogen-bond donors (Lipinski definition) is 0. The fraction of sp³-hybridized carbons (Fsp3) is 0.125. The molecule has 0 bridgehead atoms. The molecule has 2 aliphatic rings. The molecular formula is C40H35N3. The van der Waals surface area contributed by atoms with Gasteiger partial charge in [0.25, 0.3) is 0 Å². The summed E-state index contributed by atoms with van der Waals surface area (Å²) in [6, 6.07) is 33.9. The molecule has 43 heavy (non-hydrogen) atoms. The zero-order valence-electron chi connectivity index (χ0n) is 24.5. The molecule has 0 radical (unpaired) electrons. The van der Waals surface area contributed by atoms with Gasteiger partial charge in [-0.3, -0.25) is 15.0 Å². The van der Waals surface area contributed by atoms with Gasteiger partial charge >= 0.3 is 0 Å². The molecule has 3 heteroatoms. The maximum Gasteiger partial charge on any atom is 0.0796 e. The minimum absolute atomic E-state index is 0.0349. The van der Waals surface area contributed by atoms with Crippen LogP contribution in [0.4, 0.5) is 0 Å². The Hall–Kier alpha value is -5.15. The highest BCUT2D eigenvalue weighted by molar-refractivity contribution is 6.14. The number of aromatic nitrogens is 1. The van der Waals surface area contributed by atoms with E-state index in [1.165, 1.54) is 22.3 Å². The molecule has 3 heterocycles. The van der Waals surface area contributed by atoms with Crippen LogP contribution < -0.4 is 0 Å². The van der Waals surface area contributed by atoms with Crippen molar-refractivity contribution < 1.29 is 0 Å². The molecule has 0 amide bonds. The van der Waals surface area contributed by atoms with E-state index in [1.807, 2.05) is 37.4 Å². The molecule has 0 saturated heterocycles. The molecule has 210 valence electrons. The zero-order chi connectivity index (χ0) is 29.4. The largest absolute Gasteiger partial charge is 0.284 e. The van der Waals surface area contributed by atoms with E-state index in [0.29, 0.717) is 6.54 Å². The molecule has 2 unspecified atom stereocenters. The first-order chi connectivity index (χ1) is 21.2. The maximum atomic E-state index is 5.22. The summed E-state index contributed by atoms with van der Waals surface area (Å²) in [5.74, 6) is 0.230. The quantitative estimate of drug-likeness (QED) is 0.199. The Bertz CT molecular complexity index is 1770. The van der Waals surface area contributed by atoms with Crippen molar-refractivity contribution >= 4 is 17.0 Å². The van der Waals surface area contributed by atoms with Crippen molar-refractivity contribution in [2.75, 3.05) is 6.54 Å². The third-order valence-corrected chi connectivity index (χ3v) is 7.88. The van der Waals surface area contributed by atoms with Crippen LogP contribution in [-0.2, 0) is 0 Å². The number of aliphatic imine (C=N–C) groups is 2. The van der Waals surface area contributed by atoms with Crippen LogP contribution in [0.5, 0.6) is 0 Å². The molecule has 0 spiro atoms. The monoisotopic (exact) mass is 557 g/mol. The lowest BCUT2D eigenvalue weighted by Gasteiger charge is -2.23. The van der Waals surface area contributed by atoms with Crippen LogP contribution in [0.3, 0.4) is 0 Å². The van der Waals surface area contributed by atoms with Gasteiger partial charge in [-0.05, 0) is 83.7 Å². The molecule has 2 aliphatic heterocycles. The molecule has 3 nitrogen and oxygen atoms in total. The predicted octanol–water partition coefficient (Wildman–Crippen LogP) is 9.43. The van der Waals surface area contributed by atoms with Crippen LogP contribution in [0.25, 0.3) is 16.8 Å². The first-order valence-corrected chi connectivity index (χ1v) is 14.9. The Morgan fingerprint density at radius 3 is 2.26 bits per heavy atom. The lowest BCUT2D eigenvalue weighted by molar-refractivity contribution is 0.748. The summed E-state index contributed by atoms with van der Waals surface area (Å²) in [4.78, 5) is 15.0. The van der Waals surface area contributed by atoms with E-state index in [2.05, 4.69) is 122 Å². The van der Waals surface area contributed by atoms with E-state index in [0.717, 1.165) is 40.2 Å². The molecule has 3 aromatic carbocycles. The van der Waals surface area contributed by atoms with Gasteiger partial charge in [0.1, 0.15) is 0 Å². The molecule has 0 saturated carbocycles. The summed E-state index contributed by atoms with van der Waals surface area (Å²) in [5, 5.41) is 0. The van der Waals surface area contributed by atoms with Crippen LogP contribution in [-0.4, -0.2) is 23.0 Å². The van der Waals surface area contributed by atoms with Crippen molar-refractivity contribution in [3.8, 4) is 11.3 Å². The van der Waals surface area contributed by atoms with Crippen LogP contribution in [0.15, 0.2) is 168 Å². The summed E-state index contributed by atoms with van der Waals surface area (Å²) >= 11 is 0. The number of nitrogens with zero attached hydrogens (tertiary/aromatic N) is 3. The highest BCUT2D eigenvalue weighted by Crippen LogP contribution is 2.37. The summed E-state index contributed by atoms with van der Waals surface area (Å²) in [7, 11) is 0. The second-order valence-electron chi connectivity index (χ2n) is 10.8. The van der Waals surface area contributed by atoms with Gasteiger partial charge in [-0.25, -0.2) is 0 Å². The van der Waals surface area contributed by atoms with Crippen LogP contribution in [0, 0.1) is 5.92 Å². The lowest BCUT2D eigenvalue weighted by atomic mass is 9.87. The van der Waals surface area contributed by atoms with Crippen LogP contribution >= 0.6 is 0 Å². The Kier molecular flexibility index (Phi) is 8.61. The number of dihydropyridines is 2. The molecule has 0 fully saturated rings. The Balaban J connectivity index is 1.43. The smallest absolute Gasteiger partial charge is 0.0796 e. The Morgan fingerprint density at radius 2 is 1.56 bits per heavy atom. The minimum atomic E-state index is 0.0349. The van der Waals surface area contributed by atoms with Crippen molar-refractivity contribution in [3.63, 3.8) is 0 Å². The maximum absolute atomic E-state index is 5.22.